The largest absolute Gasteiger partial charge is 0.460 e. The Hall–Kier alpha value is -0.660. The SMILES string of the molecule is CC1(C)CC=C(OS(=O)(=O)C(F)(F)C(F)(F)C(F)(F)C(F)(F)F)C(Br)C1. The molecule has 1 aliphatic rings. The average molecular weight is 487 g/mol. The van der Waals surface area contributed by atoms with E-state index in [1.165, 1.54) is 0 Å². The Bertz CT molecular complexity index is 683. The lowest BCUT2D eigenvalue weighted by Crippen LogP contribution is -2.63. The highest BCUT2D eigenvalue weighted by molar-refractivity contribution is 9.09. The summed E-state index contributed by atoms with van der Waals surface area (Å²) in [7, 11) is -6.89. The van der Waals surface area contributed by atoms with E-state index in [9.17, 15) is 47.9 Å². The molecule has 26 heavy (non-hydrogen) atoms. The standard InChI is InChI=1S/C12H12BrF9O3S/c1-8(2)4-3-7(6(13)5-8)25-26(23,24)12(21,22)10(16,17)9(14,15)11(18,19)20/h3,6H,4-5H2,1-2H3. The van der Waals surface area contributed by atoms with Crippen LogP contribution in [-0.2, 0) is 14.3 Å². The Labute approximate surface area is 150 Å². The zero-order valence-electron chi connectivity index (χ0n) is 13.0. The average Bonchev–Trinajstić information content (AvgIpc) is 2.39. The van der Waals surface area contributed by atoms with Crippen LogP contribution in [0.25, 0.3) is 0 Å². The molecule has 1 unspecified atom stereocenters. The summed E-state index contributed by atoms with van der Waals surface area (Å²) in [6.07, 6.45) is -6.03. The molecule has 1 atom stereocenters. The quantitative estimate of drug-likeness (QED) is 0.303. The first-order valence-electron chi connectivity index (χ1n) is 6.68. The van der Waals surface area contributed by atoms with Gasteiger partial charge >= 0.3 is 33.4 Å². The third-order valence-electron chi connectivity index (χ3n) is 3.53. The van der Waals surface area contributed by atoms with Gasteiger partial charge in [0.2, 0.25) is 0 Å². The molecule has 0 saturated carbocycles. The van der Waals surface area contributed by atoms with Crippen LogP contribution < -0.4 is 0 Å². The molecule has 0 bridgehead atoms. The van der Waals surface area contributed by atoms with E-state index >= 15 is 0 Å². The molecule has 0 aromatic heterocycles. The van der Waals surface area contributed by atoms with Crippen LogP contribution in [0.15, 0.2) is 11.8 Å². The summed E-state index contributed by atoms with van der Waals surface area (Å²) in [5.74, 6) is -15.4. The molecule has 14 heteroatoms. The Morgan fingerprint density at radius 2 is 1.50 bits per heavy atom. The monoisotopic (exact) mass is 486 g/mol. The van der Waals surface area contributed by atoms with E-state index in [4.69, 9.17) is 0 Å². The first kappa shape index (κ1) is 23.4. The van der Waals surface area contributed by atoms with Gasteiger partial charge in [-0.15, -0.1) is 0 Å². The minimum absolute atomic E-state index is 0.0562. The molecule has 0 spiro atoms. The number of hydrogen-bond acceptors (Lipinski definition) is 3. The van der Waals surface area contributed by atoms with E-state index in [0.29, 0.717) is 0 Å². The molecular formula is C12H12BrF9O3S. The van der Waals surface area contributed by atoms with Crippen LogP contribution in [-0.4, -0.2) is 36.5 Å². The summed E-state index contributed by atoms with van der Waals surface area (Å²) in [6, 6.07) is 0. The molecule has 0 radical (unpaired) electrons. The van der Waals surface area contributed by atoms with Crippen LogP contribution in [0.4, 0.5) is 39.5 Å². The van der Waals surface area contributed by atoms with Crippen molar-refractivity contribution in [1.29, 1.82) is 0 Å². The minimum Gasteiger partial charge on any atom is -0.382 e. The van der Waals surface area contributed by atoms with Crippen molar-refractivity contribution in [3.63, 3.8) is 0 Å². The highest BCUT2D eigenvalue weighted by atomic mass is 79.9. The second kappa shape index (κ2) is 6.45. The van der Waals surface area contributed by atoms with Crippen molar-refractivity contribution in [2.45, 2.75) is 54.8 Å². The Morgan fingerprint density at radius 1 is 1.04 bits per heavy atom. The fraction of sp³-hybridized carbons (Fsp3) is 0.833. The van der Waals surface area contributed by atoms with E-state index in [-0.39, 0.29) is 12.8 Å². The Morgan fingerprint density at radius 3 is 1.88 bits per heavy atom. The van der Waals surface area contributed by atoms with Crippen LogP contribution in [0.2, 0.25) is 0 Å². The molecule has 0 saturated heterocycles. The zero-order valence-corrected chi connectivity index (χ0v) is 15.4. The second-order valence-electron chi connectivity index (χ2n) is 6.35. The van der Waals surface area contributed by atoms with Gasteiger partial charge in [-0.2, -0.15) is 47.9 Å². The van der Waals surface area contributed by atoms with Gasteiger partial charge < -0.3 is 4.18 Å². The van der Waals surface area contributed by atoms with Crippen LogP contribution in [0.5, 0.6) is 0 Å². The minimum atomic E-state index is -7.32. The van der Waals surface area contributed by atoms with Crippen molar-refractivity contribution in [3.8, 4) is 0 Å². The number of alkyl halides is 10. The molecule has 154 valence electrons. The molecule has 0 aromatic rings. The molecule has 0 heterocycles. The van der Waals surface area contributed by atoms with Crippen molar-refractivity contribution < 1.29 is 52.1 Å². The summed E-state index contributed by atoms with van der Waals surface area (Å²) < 4.78 is 142. The van der Waals surface area contributed by atoms with E-state index < -0.39 is 49.4 Å². The number of allylic oxidation sites excluding steroid dienone is 2. The van der Waals surface area contributed by atoms with Gasteiger partial charge in [-0.05, 0) is 24.3 Å². The molecular weight excluding hydrogens is 475 g/mol. The van der Waals surface area contributed by atoms with Gasteiger partial charge in [0, 0.05) is 0 Å². The fourth-order valence-electron chi connectivity index (χ4n) is 1.96. The number of rotatable bonds is 5. The van der Waals surface area contributed by atoms with Crippen LogP contribution in [0, 0.1) is 5.41 Å². The molecule has 0 N–H and O–H groups in total. The fourth-order valence-corrected chi connectivity index (χ4v) is 4.22. The molecule has 0 aliphatic heterocycles. The molecule has 1 rings (SSSR count). The molecule has 3 nitrogen and oxygen atoms in total. The van der Waals surface area contributed by atoms with Gasteiger partial charge in [-0.3, -0.25) is 0 Å². The Balaban J connectivity index is 3.28. The van der Waals surface area contributed by atoms with Gasteiger partial charge in [0.1, 0.15) is 5.76 Å². The highest BCUT2D eigenvalue weighted by Crippen LogP contribution is 2.55. The van der Waals surface area contributed by atoms with Gasteiger partial charge in [0.05, 0.1) is 4.83 Å². The lowest BCUT2D eigenvalue weighted by molar-refractivity contribution is -0.382. The van der Waals surface area contributed by atoms with E-state index in [1.807, 2.05) is 0 Å². The maximum absolute atomic E-state index is 13.6. The summed E-state index contributed by atoms with van der Waals surface area (Å²) in [4.78, 5) is -1.06. The van der Waals surface area contributed by atoms with Crippen molar-refractivity contribution in [3.05, 3.63) is 11.8 Å². The highest BCUT2D eigenvalue weighted by Gasteiger charge is 2.86. The van der Waals surface area contributed by atoms with E-state index in [0.717, 1.165) is 6.08 Å². The first-order chi connectivity index (χ1) is 11.2. The van der Waals surface area contributed by atoms with Gasteiger partial charge in [-0.1, -0.05) is 29.8 Å². The second-order valence-corrected chi connectivity index (χ2v) is 9.04. The number of halogens is 10. The van der Waals surface area contributed by atoms with Crippen LogP contribution in [0.3, 0.4) is 0 Å². The third kappa shape index (κ3) is 3.80. The Kier molecular flexibility index (Phi) is 5.80. The van der Waals surface area contributed by atoms with E-state index in [1.54, 1.807) is 13.8 Å². The summed E-state index contributed by atoms with van der Waals surface area (Å²) >= 11 is 2.85. The van der Waals surface area contributed by atoms with Gasteiger partial charge in [-0.25, -0.2) is 0 Å². The van der Waals surface area contributed by atoms with Crippen molar-refractivity contribution in [2.24, 2.45) is 5.41 Å². The summed E-state index contributed by atoms with van der Waals surface area (Å²) in [6.45, 7) is 3.38. The number of hydrogen-bond donors (Lipinski definition) is 0. The topological polar surface area (TPSA) is 43.4 Å². The lowest BCUT2D eigenvalue weighted by atomic mass is 9.80. The third-order valence-corrected chi connectivity index (χ3v) is 5.60. The maximum Gasteiger partial charge on any atom is 0.460 e. The van der Waals surface area contributed by atoms with Gasteiger partial charge in [0.15, 0.2) is 0 Å². The molecule has 1 aliphatic carbocycles. The van der Waals surface area contributed by atoms with E-state index in [2.05, 4.69) is 20.1 Å². The predicted molar refractivity (Wildman–Crippen MR) is 74.7 cm³/mol. The molecule has 0 amide bonds. The molecule has 0 aromatic carbocycles. The normalized spacial score (nSPS) is 22.8. The predicted octanol–water partition coefficient (Wildman–Crippen LogP) is 5.23. The summed E-state index contributed by atoms with van der Waals surface area (Å²) in [5, 5.41) is -6.86. The zero-order chi connectivity index (χ0) is 21.0. The van der Waals surface area contributed by atoms with Crippen LogP contribution >= 0.6 is 15.9 Å². The van der Waals surface area contributed by atoms with Crippen molar-refractivity contribution in [1.82, 2.24) is 0 Å². The maximum atomic E-state index is 13.6. The lowest BCUT2D eigenvalue weighted by Gasteiger charge is -2.34. The van der Waals surface area contributed by atoms with Crippen molar-refractivity contribution in [2.75, 3.05) is 0 Å². The first-order valence-corrected chi connectivity index (χ1v) is 9.00. The summed E-state index contributed by atoms with van der Waals surface area (Å²) in [5.41, 5.74) is -0.458. The van der Waals surface area contributed by atoms with Gasteiger partial charge in [0.25, 0.3) is 0 Å². The smallest absolute Gasteiger partial charge is 0.382 e. The van der Waals surface area contributed by atoms with Crippen LogP contribution in [0.1, 0.15) is 26.7 Å². The molecule has 0 fully saturated rings. The van der Waals surface area contributed by atoms with Crippen molar-refractivity contribution >= 4 is 26.0 Å².